The van der Waals surface area contributed by atoms with Crippen LogP contribution in [0.1, 0.15) is 43.0 Å². The smallest absolute Gasteiger partial charge is 0.323 e. The van der Waals surface area contributed by atoms with Crippen molar-refractivity contribution in [3.8, 4) is 11.4 Å². The van der Waals surface area contributed by atoms with E-state index in [1.165, 1.54) is 12.8 Å². The number of nitrogens with zero attached hydrogens (tertiary/aromatic N) is 7. The molecule has 2 aromatic carbocycles. The van der Waals surface area contributed by atoms with Gasteiger partial charge in [0.15, 0.2) is 5.82 Å². The van der Waals surface area contributed by atoms with Crippen molar-refractivity contribution in [3.63, 3.8) is 0 Å². The molecule has 4 N–H and O–H groups in total. The summed E-state index contributed by atoms with van der Waals surface area (Å²) in [5, 5.41) is 25.9. The van der Waals surface area contributed by atoms with Gasteiger partial charge in [-0.05, 0) is 81.1 Å². The molecule has 4 aliphatic rings. The number of ether oxygens (including phenoxy) is 1. The molecule has 3 aliphatic heterocycles. The van der Waals surface area contributed by atoms with Crippen molar-refractivity contribution in [3.05, 3.63) is 54.1 Å². The van der Waals surface area contributed by atoms with E-state index in [4.69, 9.17) is 19.7 Å². The second-order valence-corrected chi connectivity index (χ2v) is 13.3. The summed E-state index contributed by atoms with van der Waals surface area (Å²) in [5.41, 5.74) is 2.50. The minimum Gasteiger partial charge on any atom is -0.394 e. The number of urea groups is 1. The van der Waals surface area contributed by atoms with Gasteiger partial charge in [0.1, 0.15) is 0 Å². The number of nitrogens with one attached hydrogen (secondary N) is 2. The third-order valence-corrected chi connectivity index (χ3v) is 9.96. The molecular weight excluding hydrogens is 626 g/mol. The number of aliphatic hydroxyl groups excluding tert-OH is 2. The van der Waals surface area contributed by atoms with E-state index in [2.05, 4.69) is 27.4 Å². The van der Waals surface area contributed by atoms with Crippen LogP contribution in [-0.4, -0.2) is 130 Å². The van der Waals surface area contributed by atoms with Gasteiger partial charge in [-0.15, -0.1) is 0 Å². The van der Waals surface area contributed by atoms with E-state index in [1.54, 1.807) is 36.4 Å². The van der Waals surface area contributed by atoms with Crippen molar-refractivity contribution < 1.29 is 24.5 Å². The highest BCUT2D eigenvalue weighted by Crippen LogP contribution is 2.32. The zero-order valence-corrected chi connectivity index (χ0v) is 27.9. The Balaban J connectivity index is 1.01. The van der Waals surface area contributed by atoms with E-state index in [9.17, 15) is 19.8 Å². The number of rotatable bonds is 9. The van der Waals surface area contributed by atoms with Gasteiger partial charge in [-0.25, -0.2) is 4.79 Å². The molecule has 7 rings (SSSR count). The van der Waals surface area contributed by atoms with E-state index < -0.39 is 6.03 Å². The second kappa shape index (κ2) is 14.6. The Morgan fingerprint density at radius 3 is 2.00 bits per heavy atom. The van der Waals surface area contributed by atoms with Crippen molar-refractivity contribution >= 4 is 35.2 Å². The largest absolute Gasteiger partial charge is 0.394 e. The Kier molecular flexibility index (Phi) is 9.89. The number of benzene rings is 2. The average molecular weight is 672 g/mol. The summed E-state index contributed by atoms with van der Waals surface area (Å²) >= 11 is 0. The summed E-state index contributed by atoms with van der Waals surface area (Å²) in [6, 6.07) is 14.2. The van der Waals surface area contributed by atoms with Gasteiger partial charge in [-0.3, -0.25) is 9.69 Å². The standard InChI is InChI=1S/C35H45N9O5/c1-23-22-49-19-18-43(23)33-38-31(39-34(40-33)44-29(20-45)12-13-30(44)21-46)24-2-6-26(7-3-24)36-35(48)37-27-8-4-25(5-9-27)32(47)42-16-14-41(15-17-42)28-10-11-28/h2-9,23,28-30,45-46H,10-22H2,1H3,(H2,36,37,48)/t23-,29-,30+/m1/s1. The van der Waals surface area contributed by atoms with Crippen molar-refractivity contribution in [2.75, 3.05) is 79.6 Å². The molecule has 3 aromatic rings. The maximum Gasteiger partial charge on any atom is 0.323 e. The third kappa shape index (κ3) is 7.47. The molecule has 3 amide bonds. The lowest BCUT2D eigenvalue weighted by Crippen LogP contribution is -2.49. The fraction of sp³-hybridized carbons (Fsp3) is 0.514. The number of amides is 3. The highest BCUT2D eigenvalue weighted by Gasteiger charge is 2.36. The Labute approximate surface area is 286 Å². The topological polar surface area (TPSA) is 160 Å². The molecule has 1 saturated carbocycles. The first-order valence-electron chi connectivity index (χ1n) is 17.3. The van der Waals surface area contributed by atoms with Crippen LogP contribution in [0.2, 0.25) is 0 Å². The zero-order chi connectivity index (χ0) is 33.9. The number of carbonyl (C=O) groups is 2. The third-order valence-electron chi connectivity index (χ3n) is 9.96. The summed E-state index contributed by atoms with van der Waals surface area (Å²) in [6.07, 6.45) is 4.01. The van der Waals surface area contributed by atoms with Crippen LogP contribution >= 0.6 is 0 Å². The summed E-state index contributed by atoms with van der Waals surface area (Å²) in [4.78, 5) is 48.7. The maximum atomic E-state index is 13.0. The number of piperazine rings is 1. The highest BCUT2D eigenvalue weighted by atomic mass is 16.5. The lowest BCUT2D eigenvalue weighted by Gasteiger charge is -2.34. The Hall–Kier alpha value is -4.37. The number of aromatic nitrogens is 3. The average Bonchev–Trinajstić information content (AvgIpc) is 3.90. The van der Waals surface area contributed by atoms with Crippen molar-refractivity contribution in [2.24, 2.45) is 0 Å². The quantitative estimate of drug-likeness (QED) is 0.265. The van der Waals surface area contributed by atoms with Gasteiger partial charge in [-0.1, -0.05) is 0 Å². The molecule has 14 nitrogen and oxygen atoms in total. The number of morpholine rings is 1. The van der Waals surface area contributed by atoms with Crippen LogP contribution < -0.4 is 20.4 Å². The highest BCUT2D eigenvalue weighted by molar-refractivity contribution is 6.00. The van der Waals surface area contributed by atoms with E-state index in [-0.39, 0.29) is 37.2 Å². The zero-order valence-electron chi connectivity index (χ0n) is 27.9. The minimum atomic E-state index is -0.409. The van der Waals surface area contributed by atoms with Crippen LogP contribution in [0.25, 0.3) is 11.4 Å². The molecule has 4 fully saturated rings. The normalized spacial score (nSPS) is 23.1. The number of hydrogen-bond donors (Lipinski definition) is 4. The molecule has 14 heteroatoms. The molecule has 4 heterocycles. The maximum absolute atomic E-state index is 13.0. The van der Waals surface area contributed by atoms with Crippen LogP contribution in [0.15, 0.2) is 48.5 Å². The predicted molar refractivity (Wildman–Crippen MR) is 186 cm³/mol. The van der Waals surface area contributed by atoms with Crippen molar-refractivity contribution in [1.29, 1.82) is 0 Å². The van der Waals surface area contributed by atoms with Gasteiger partial charge >= 0.3 is 6.03 Å². The molecular formula is C35H45N9O5. The fourth-order valence-electron chi connectivity index (χ4n) is 7.00. The van der Waals surface area contributed by atoms with Gasteiger partial charge in [-0.2, -0.15) is 15.0 Å². The van der Waals surface area contributed by atoms with E-state index in [0.717, 1.165) is 50.6 Å². The first kappa shape index (κ1) is 33.1. The van der Waals surface area contributed by atoms with E-state index in [0.29, 0.717) is 54.4 Å². The summed E-state index contributed by atoms with van der Waals surface area (Å²) in [5.74, 6) is 1.40. The summed E-state index contributed by atoms with van der Waals surface area (Å²) < 4.78 is 5.63. The molecule has 0 unspecified atom stereocenters. The van der Waals surface area contributed by atoms with Gasteiger partial charge < -0.3 is 40.3 Å². The summed E-state index contributed by atoms with van der Waals surface area (Å²) in [7, 11) is 0. The van der Waals surface area contributed by atoms with Gasteiger partial charge in [0, 0.05) is 61.3 Å². The number of carbonyl (C=O) groups excluding carboxylic acids is 2. The summed E-state index contributed by atoms with van der Waals surface area (Å²) in [6.45, 7) is 7.01. The van der Waals surface area contributed by atoms with E-state index in [1.807, 2.05) is 21.9 Å². The molecule has 0 bridgehead atoms. The first-order chi connectivity index (χ1) is 23.9. The second-order valence-electron chi connectivity index (χ2n) is 13.3. The van der Waals surface area contributed by atoms with Crippen LogP contribution in [0.4, 0.5) is 28.1 Å². The molecule has 260 valence electrons. The molecule has 0 spiro atoms. The molecule has 49 heavy (non-hydrogen) atoms. The Morgan fingerprint density at radius 2 is 1.41 bits per heavy atom. The molecule has 1 aromatic heterocycles. The number of hydrogen-bond acceptors (Lipinski definition) is 11. The molecule has 3 saturated heterocycles. The number of anilines is 4. The van der Waals surface area contributed by atoms with Crippen molar-refractivity contribution in [2.45, 2.75) is 56.8 Å². The van der Waals surface area contributed by atoms with Crippen LogP contribution in [0, 0.1) is 0 Å². The van der Waals surface area contributed by atoms with Gasteiger partial charge in [0.25, 0.3) is 5.91 Å². The first-order valence-corrected chi connectivity index (χ1v) is 17.3. The van der Waals surface area contributed by atoms with Crippen LogP contribution in [0.5, 0.6) is 0 Å². The van der Waals surface area contributed by atoms with Crippen LogP contribution in [0.3, 0.4) is 0 Å². The predicted octanol–water partition coefficient (Wildman–Crippen LogP) is 2.65. The minimum absolute atomic E-state index is 0.0188. The van der Waals surface area contributed by atoms with E-state index >= 15 is 0 Å². The van der Waals surface area contributed by atoms with Gasteiger partial charge in [0.2, 0.25) is 11.9 Å². The number of aliphatic hydroxyl groups is 2. The fourth-order valence-corrected chi connectivity index (χ4v) is 7.00. The molecule has 1 aliphatic carbocycles. The lowest BCUT2D eigenvalue weighted by molar-refractivity contribution is 0.0627. The van der Waals surface area contributed by atoms with Gasteiger partial charge in [0.05, 0.1) is 44.6 Å². The molecule has 0 radical (unpaired) electrons. The van der Waals surface area contributed by atoms with Crippen LogP contribution in [-0.2, 0) is 4.74 Å². The monoisotopic (exact) mass is 671 g/mol. The SMILES string of the molecule is C[C@@H]1COCCN1c1nc(-c2ccc(NC(=O)Nc3ccc(C(=O)N4CCN(C5CC5)CC4)cc3)cc2)nc(N2[C@H](CO)CC[C@@H]2CO)n1. The Bertz CT molecular complexity index is 1600. The lowest BCUT2D eigenvalue weighted by atomic mass is 10.1. The Morgan fingerprint density at radius 1 is 0.796 bits per heavy atom. The molecule has 3 atom stereocenters. The van der Waals surface area contributed by atoms with Crippen molar-refractivity contribution in [1.82, 2.24) is 24.8 Å².